The SMILES string of the molecule is COc1ccc(CCOc2nc(-c3cccs3)n(-c3ccc(NC(=O)c4cccs4)cc3)n2)cc1. The van der Waals surface area contributed by atoms with Crippen LogP contribution in [0.2, 0.25) is 0 Å². The first-order chi connectivity index (χ1) is 17.2. The number of carbonyl (C=O) groups is 1. The first-order valence-electron chi connectivity index (χ1n) is 10.9. The number of amides is 1. The molecule has 35 heavy (non-hydrogen) atoms. The summed E-state index contributed by atoms with van der Waals surface area (Å²) in [6, 6.07) is 23.4. The van der Waals surface area contributed by atoms with Crippen molar-refractivity contribution in [2.75, 3.05) is 19.0 Å². The molecule has 9 heteroatoms. The van der Waals surface area contributed by atoms with Crippen LogP contribution in [0.25, 0.3) is 16.4 Å². The third-order valence-electron chi connectivity index (χ3n) is 5.22. The largest absolute Gasteiger partial charge is 0.497 e. The van der Waals surface area contributed by atoms with E-state index < -0.39 is 0 Å². The van der Waals surface area contributed by atoms with Crippen molar-refractivity contribution in [3.63, 3.8) is 0 Å². The number of anilines is 1. The highest BCUT2D eigenvalue weighted by Gasteiger charge is 2.16. The third kappa shape index (κ3) is 5.42. The summed E-state index contributed by atoms with van der Waals surface area (Å²) in [6.45, 7) is 0.452. The molecule has 0 saturated carbocycles. The number of nitrogens with one attached hydrogen (secondary N) is 1. The molecule has 1 amide bonds. The molecule has 0 unspecified atom stereocenters. The molecule has 3 aromatic heterocycles. The Morgan fingerprint density at radius 2 is 1.74 bits per heavy atom. The Morgan fingerprint density at radius 1 is 0.971 bits per heavy atom. The van der Waals surface area contributed by atoms with Gasteiger partial charge in [0.2, 0.25) is 0 Å². The average Bonchev–Trinajstić information content (AvgIpc) is 3.67. The normalized spacial score (nSPS) is 10.8. The molecule has 0 aliphatic rings. The van der Waals surface area contributed by atoms with E-state index in [0.29, 0.717) is 29.0 Å². The lowest BCUT2D eigenvalue weighted by Gasteiger charge is -2.07. The van der Waals surface area contributed by atoms with Crippen molar-refractivity contribution in [3.8, 4) is 28.1 Å². The van der Waals surface area contributed by atoms with Gasteiger partial charge >= 0.3 is 6.01 Å². The number of nitrogens with zero attached hydrogens (tertiary/aromatic N) is 3. The molecule has 0 aliphatic carbocycles. The van der Waals surface area contributed by atoms with Crippen molar-refractivity contribution < 1.29 is 14.3 Å². The highest BCUT2D eigenvalue weighted by atomic mass is 32.1. The number of methoxy groups -OCH3 is 1. The van der Waals surface area contributed by atoms with E-state index in [1.165, 1.54) is 11.3 Å². The average molecular weight is 503 g/mol. The van der Waals surface area contributed by atoms with Gasteiger partial charge in [0.15, 0.2) is 5.82 Å². The van der Waals surface area contributed by atoms with Crippen molar-refractivity contribution in [3.05, 3.63) is 94.0 Å². The number of aromatic nitrogens is 3. The Morgan fingerprint density at radius 3 is 2.43 bits per heavy atom. The van der Waals surface area contributed by atoms with E-state index in [4.69, 9.17) is 9.47 Å². The van der Waals surface area contributed by atoms with Crippen molar-refractivity contribution in [2.24, 2.45) is 0 Å². The third-order valence-corrected chi connectivity index (χ3v) is 6.96. The Kier molecular flexibility index (Phi) is 6.87. The lowest BCUT2D eigenvalue weighted by molar-refractivity contribution is 0.103. The van der Waals surface area contributed by atoms with Gasteiger partial charge in [-0.2, -0.15) is 4.98 Å². The minimum absolute atomic E-state index is 0.125. The van der Waals surface area contributed by atoms with E-state index in [1.54, 1.807) is 29.2 Å². The van der Waals surface area contributed by atoms with Crippen molar-refractivity contribution in [1.82, 2.24) is 14.8 Å². The number of rotatable bonds is 9. The zero-order valence-electron chi connectivity index (χ0n) is 18.9. The molecule has 0 spiro atoms. The summed E-state index contributed by atoms with van der Waals surface area (Å²) in [4.78, 5) is 18.6. The molecule has 176 valence electrons. The fraction of sp³-hybridized carbons (Fsp3) is 0.115. The smallest absolute Gasteiger partial charge is 0.336 e. The lowest BCUT2D eigenvalue weighted by atomic mass is 10.1. The summed E-state index contributed by atoms with van der Waals surface area (Å²) >= 11 is 2.99. The maximum atomic E-state index is 12.3. The van der Waals surface area contributed by atoms with Crippen LogP contribution >= 0.6 is 22.7 Å². The number of thiophene rings is 2. The minimum atomic E-state index is -0.125. The first kappa shape index (κ1) is 22.8. The quantitative estimate of drug-likeness (QED) is 0.270. The standard InChI is InChI=1S/C26H22N4O3S2/c1-32-21-12-6-18(7-13-21)14-15-33-26-28-24(22-4-2-16-34-22)30(29-26)20-10-8-19(9-11-20)27-25(31)23-5-3-17-35-23/h2-13,16-17H,14-15H2,1H3,(H,27,31). The molecule has 0 atom stereocenters. The summed E-state index contributed by atoms with van der Waals surface area (Å²) in [7, 11) is 1.65. The van der Waals surface area contributed by atoms with E-state index in [1.807, 2.05) is 77.5 Å². The summed E-state index contributed by atoms with van der Waals surface area (Å²) in [5, 5.41) is 11.4. The van der Waals surface area contributed by atoms with Crippen molar-refractivity contribution in [1.29, 1.82) is 0 Å². The molecule has 0 saturated heterocycles. The Labute approximate surface area is 210 Å². The summed E-state index contributed by atoms with van der Waals surface area (Å²) in [5.74, 6) is 1.41. The predicted octanol–water partition coefficient (Wildman–Crippen LogP) is 5.94. The number of ether oxygens (including phenoxy) is 2. The van der Waals surface area contributed by atoms with Crippen LogP contribution in [0.4, 0.5) is 5.69 Å². The summed E-state index contributed by atoms with van der Waals surface area (Å²) in [6.07, 6.45) is 0.728. The minimum Gasteiger partial charge on any atom is -0.497 e. The molecular formula is C26H22N4O3S2. The van der Waals surface area contributed by atoms with Crippen LogP contribution in [-0.4, -0.2) is 34.4 Å². The molecule has 5 aromatic rings. The second-order valence-electron chi connectivity index (χ2n) is 7.53. The van der Waals surface area contributed by atoms with Gasteiger partial charge in [-0.05, 0) is 64.9 Å². The number of hydrogen-bond donors (Lipinski definition) is 1. The van der Waals surface area contributed by atoms with Crippen LogP contribution in [0.15, 0.2) is 83.6 Å². The van der Waals surface area contributed by atoms with Crippen molar-refractivity contribution >= 4 is 34.3 Å². The van der Waals surface area contributed by atoms with E-state index in [9.17, 15) is 4.79 Å². The molecule has 1 N–H and O–H groups in total. The highest BCUT2D eigenvalue weighted by Crippen LogP contribution is 2.28. The van der Waals surface area contributed by atoms with Crippen LogP contribution in [0.5, 0.6) is 11.8 Å². The Balaban J connectivity index is 1.31. The second kappa shape index (κ2) is 10.5. The molecule has 0 aliphatic heterocycles. The molecule has 2 aromatic carbocycles. The van der Waals surface area contributed by atoms with E-state index in [2.05, 4.69) is 15.4 Å². The molecule has 7 nitrogen and oxygen atoms in total. The van der Waals surface area contributed by atoms with Crippen LogP contribution in [0, 0.1) is 0 Å². The number of carbonyl (C=O) groups excluding carboxylic acids is 1. The summed E-state index contributed by atoms with van der Waals surface area (Å²) < 4.78 is 12.9. The van der Waals surface area contributed by atoms with Gasteiger partial charge in [-0.15, -0.1) is 27.8 Å². The topological polar surface area (TPSA) is 78.3 Å². The maximum absolute atomic E-state index is 12.3. The molecule has 0 radical (unpaired) electrons. The number of hydrogen-bond acceptors (Lipinski definition) is 7. The molecule has 0 bridgehead atoms. The van der Waals surface area contributed by atoms with Crippen LogP contribution in [0.3, 0.4) is 0 Å². The van der Waals surface area contributed by atoms with Gasteiger partial charge in [0.25, 0.3) is 5.91 Å². The van der Waals surface area contributed by atoms with Gasteiger partial charge in [0, 0.05) is 12.1 Å². The van der Waals surface area contributed by atoms with E-state index in [-0.39, 0.29) is 5.91 Å². The zero-order valence-corrected chi connectivity index (χ0v) is 20.5. The van der Waals surface area contributed by atoms with Gasteiger partial charge in [0.1, 0.15) is 5.75 Å². The van der Waals surface area contributed by atoms with E-state index >= 15 is 0 Å². The first-order valence-corrected chi connectivity index (χ1v) is 12.7. The number of benzene rings is 2. The fourth-order valence-corrected chi connectivity index (χ4v) is 4.76. The Hall–Kier alpha value is -3.95. The summed E-state index contributed by atoms with van der Waals surface area (Å²) in [5.41, 5.74) is 2.67. The van der Waals surface area contributed by atoms with Crippen LogP contribution < -0.4 is 14.8 Å². The lowest BCUT2D eigenvalue weighted by Crippen LogP contribution is -2.10. The highest BCUT2D eigenvalue weighted by molar-refractivity contribution is 7.13. The fourth-order valence-electron chi connectivity index (χ4n) is 3.44. The van der Waals surface area contributed by atoms with Crippen LogP contribution in [-0.2, 0) is 6.42 Å². The van der Waals surface area contributed by atoms with E-state index in [0.717, 1.165) is 28.3 Å². The second-order valence-corrected chi connectivity index (χ2v) is 9.43. The monoisotopic (exact) mass is 502 g/mol. The Bertz CT molecular complexity index is 1380. The molecular weight excluding hydrogens is 480 g/mol. The maximum Gasteiger partial charge on any atom is 0.336 e. The van der Waals surface area contributed by atoms with Gasteiger partial charge in [-0.25, -0.2) is 4.68 Å². The molecule has 0 fully saturated rings. The van der Waals surface area contributed by atoms with Gasteiger partial charge in [-0.1, -0.05) is 24.3 Å². The molecule has 5 rings (SSSR count). The van der Waals surface area contributed by atoms with Crippen LogP contribution in [0.1, 0.15) is 15.2 Å². The molecule has 3 heterocycles. The van der Waals surface area contributed by atoms with Gasteiger partial charge < -0.3 is 14.8 Å². The predicted molar refractivity (Wildman–Crippen MR) is 139 cm³/mol. The van der Waals surface area contributed by atoms with Crippen molar-refractivity contribution in [2.45, 2.75) is 6.42 Å². The van der Waals surface area contributed by atoms with Gasteiger partial charge in [-0.3, -0.25) is 4.79 Å². The zero-order chi connectivity index (χ0) is 24.0. The van der Waals surface area contributed by atoms with Gasteiger partial charge in [0.05, 0.1) is 29.2 Å².